The molecule has 1 amide bonds. The van der Waals surface area contributed by atoms with Crippen LogP contribution in [0.3, 0.4) is 0 Å². The third kappa shape index (κ3) is 3.67. The van der Waals surface area contributed by atoms with Gasteiger partial charge in [-0.2, -0.15) is 4.31 Å². The molecule has 2 aromatic carbocycles. The van der Waals surface area contributed by atoms with E-state index < -0.39 is 10.0 Å². The molecule has 0 radical (unpaired) electrons. The molecule has 0 atom stereocenters. The molecule has 1 aliphatic rings. The van der Waals surface area contributed by atoms with E-state index >= 15 is 0 Å². The van der Waals surface area contributed by atoms with Crippen molar-refractivity contribution < 1.29 is 13.2 Å². The summed E-state index contributed by atoms with van der Waals surface area (Å²) in [7, 11) is -2.09. The van der Waals surface area contributed by atoms with Gasteiger partial charge in [-0.15, -0.1) is 0 Å². The Morgan fingerprint density at radius 3 is 2.28 bits per heavy atom. The number of hydrogen-bond acceptors (Lipinski definition) is 4. The van der Waals surface area contributed by atoms with Crippen molar-refractivity contribution in [2.24, 2.45) is 0 Å². The first-order chi connectivity index (χ1) is 12.0. The number of carbonyl (C=O) groups is 1. The number of hydrogen-bond donors (Lipinski definition) is 1. The van der Waals surface area contributed by atoms with Gasteiger partial charge in [0.2, 0.25) is 10.0 Å². The highest BCUT2D eigenvalue weighted by molar-refractivity contribution is 7.89. The Labute approximate surface area is 148 Å². The van der Waals surface area contributed by atoms with Gasteiger partial charge in [0.05, 0.1) is 4.90 Å². The summed E-state index contributed by atoms with van der Waals surface area (Å²) in [6, 6.07) is 16.1. The molecule has 1 fully saturated rings. The molecule has 1 N–H and O–H groups in total. The molecule has 0 aromatic heterocycles. The number of rotatable bonds is 4. The van der Waals surface area contributed by atoms with E-state index in [2.05, 4.69) is 10.2 Å². The standard InChI is InChI=1S/C18H21N3O3S/c1-19-18(22)15-6-5-9-17(14-15)25(23,24)21-12-10-20(11-13-21)16-7-3-2-4-8-16/h2-9,14H,10-13H2,1H3,(H,19,22). The van der Waals surface area contributed by atoms with Crippen molar-refractivity contribution in [3.63, 3.8) is 0 Å². The lowest BCUT2D eigenvalue weighted by atomic mass is 10.2. The molecular formula is C18H21N3O3S. The lowest BCUT2D eigenvalue weighted by Gasteiger charge is -2.35. The van der Waals surface area contributed by atoms with Gasteiger partial charge in [-0.05, 0) is 30.3 Å². The van der Waals surface area contributed by atoms with Gasteiger partial charge in [0.15, 0.2) is 0 Å². The largest absolute Gasteiger partial charge is 0.369 e. The molecule has 0 bridgehead atoms. The van der Waals surface area contributed by atoms with Crippen LogP contribution >= 0.6 is 0 Å². The molecule has 0 aliphatic carbocycles. The molecular weight excluding hydrogens is 338 g/mol. The van der Waals surface area contributed by atoms with E-state index in [0.29, 0.717) is 31.7 Å². The maximum atomic E-state index is 12.9. The van der Waals surface area contributed by atoms with E-state index in [1.807, 2.05) is 30.3 Å². The molecule has 132 valence electrons. The van der Waals surface area contributed by atoms with E-state index in [-0.39, 0.29) is 10.8 Å². The molecule has 1 aliphatic heterocycles. The van der Waals surface area contributed by atoms with Crippen molar-refractivity contribution in [2.45, 2.75) is 4.90 Å². The average molecular weight is 359 g/mol. The molecule has 0 unspecified atom stereocenters. The van der Waals surface area contributed by atoms with Crippen LogP contribution in [-0.2, 0) is 10.0 Å². The van der Waals surface area contributed by atoms with Gasteiger partial charge in [0, 0.05) is 44.5 Å². The monoisotopic (exact) mass is 359 g/mol. The van der Waals surface area contributed by atoms with Gasteiger partial charge in [-0.3, -0.25) is 4.79 Å². The van der Waals surface area contributed by atoms with Crippen LogP contribution in [0.1, 0.15) is 10.4 Å². The zero-order chi connectivity index (χ0) is 17.9. The van der Waals surface area contributed by atoms with Crippen LogP contribution in [0.4, 0.5) is 5.69 Å². The van der Waals surface area contributed by atoms with E-state index in [4.69, 9.17) is 0 Å². The maximum absolute atomic E-state index is 12.9. The van der Waals surface area contributed by atoms with Gasteiger partial charge in [-0.1, -0.05) is 24.3 Å². The van der Waals surface area contributed by atoms with Crippen molar-refractivity contribution in [3.8, 4) is 0 Å². The normalized spacial score (nSPS) is 15.8. The summed E-state index contributed by atoms with van der Waals surface area (Å²) in [6.07, 6.45) is 0. The minimum absolute atomic E-state index is 0.154. The van der Waals surface area contributed by atoms with Crippen molar-refractivity contribution >= 4 is 21.6 Å². The Balaban J connectivity index is 1.75. The van der Waals surface area contributed by atoms with E-state index in [9.17, 15) is 13.2 Å². The number of nitrogens with one attached hydrogen (secondary N) is 1. The number of carbonyl (C=O) groups excluding carboxylic acids is 1. The zero-order valence-corrected chi connectivity index (χ0v) is 14.9. The first-order valence-electron chi connectivity index (χ1n) is 8.14. The van der Waals surface area contributed by atoms with Crippen molar-refractivity contribution in [3.05, 3.63) is 60.2 Å². The number of sulfonamides is 1. The zero-order valence-electron chi connectivity index (χ0n) is 14.1. The third-order valence-electron chi connectivity index (χ3n) is 4.32. The minimum atomic E-state index is -3.61. The van der Waals surface area contributed by atoms with E-state index in [0.717, 1.165) is 5.69 Å². The minimum Gasteiger partial charge on any atom is -0.369 e. The van der Waals surface area contributed by atoms with Crippen molar-refractivity contribution in [2.75, 3.05) is 38.1 Å². The highest BCUT2D eigenvalue weighted by Gasteiger charge is 2.29. The highest BCUT2D eigenvalue weighted by Crippen LogP contribution is 2.21. The summed E-state index contributed by atoms with van der Waals surface area (Å²) >= 11 is 0. The highest BCUT2D eigenvalue weighted by atomic mass is 32.2. The molecule has 6 nitrogen and oxygen atoms in total. The van der Waals surface area contributed by atoms with Gasteiger partial charge >= 0.3 is 0 Å². The fourth-order valence-corrected chi connectivity index (χ4v) is 4.39. The number of piperazine rings is 1. The number of para-hydroxylation sites is 1. The van der Waals surface area contributed by atoms with Crippen LogP contribution in [0.5, 0.6) is 0 Å². The summed E-state index contributed by atoms with van der Waals surface area (Å²) in [6.45, 7) is 2.11. The van der Waals surface area contributed by atoms with Crippen molar-refractivity contribution in [1.29, 1.82) is 0 Å². The Hall–Kier alpha value is -2.38. The average Bonchev–Trinajstić information content (AvgIpc) is 2.68. The van der Waals surface area contributed by atoms with Crippen LogP contribution in [0.25, 0.3) is 0 Å². The molecule has 3 rings (SSSR count). The van der Waals surface area contributed by atoms with Crippen LogP contribution in [0, 0.1) is 0 Å². The lowest BCUT2D eigenvalue weighted by Crippen LogP contribution is -2.48. The summed E-state index contributed by atoms with van der Waals surface area (Å²) in [5, 5.41) is 2.51. The lowest BCUT2D eigenvalue weighted by molar-refractivity contribution is 0.0963. The van der Waals surface area contributed by atoms with Crippen LogP contribution in [0.15, 0.2) is 59.5 Å². The quantitative estimate of drug-likeness (QED) is 0.899. The molecule has 7 heteroatoms. The Bertz CT molecular complexity index is 845. The fraction of sp³-hybridized carbons (Fsp3) is 0.278. The van der Waals surface area contributed by atoms with Crippen LogP contribution in [-0.4, -0.2) is 51.9 Å². The summed E-state index contributed by atoms with van der Waals surface area (Å²) in [5.41, 5.74) is 1.44. The summed E-state index contributed by atoms with van der Waals surface area (Å²) < 4.78 is 27.2. The summed E-state index contributed by atoms with van der Waals surface area (Å²) in [4.78, 5) is 14.1. The Morgan fingerprint density at radius 2 is 1.64 bits per heavy atom. The first kappa shape index (κ1) is 17.4. The van der Waals surface area contributed by atoms with Crippen LogP contribution < -0.4 is 10.2 Å². The predicted molar refractivity (Wildman–Crippen MR) is 97.2 cm³/mol. The first-order valence-corrected chi connectivity index (χ1v) is 9.58. The van der Waals surface area contributed by atoms with Gasteiger partial charge < -0.3 is 10.2 Å². The molecule has 1 saturated heterocycles. The third-order valence-corrected chi connectivity index (χ3v) is 6.22. The predicted octanol–water partition coefficient (Wildman–Crippen LogP) is 1.56. The second-order valence-corrected chi connectivity index (χ2v) is 7.77. The number of nitrogens with zero attached hydrogens (tertiary/aromatic N) is 2. The number of benzene rings is 2. The van der Waals surface area contributed by atoms with E-state index in [1.165, 1.54) is 23.5 Å². The molecule has 0 saturated carbocycles. The Kier molecular flexibility index (Phi) is 5.06. The molecule has 0 spiro atoms. The second kappa shape index (κ2) is 7.25. The number of anilines is 1. The van der Waals surface area contributed by atoms with Gasteiger partial charge in [-0.25, -0.2) is 8.42 Å². The van der Waals surface area contributed by atoms with Gasteiger partial charge in [0.25, 0.3) is 5.91 Å². The van der Waals surface area contributed by atoms with E-state index in [1.54, 1.807) is 12.1 Å². The number of amides is 1. The molecule has 2 aromatic rings. The molecule has 25 heavy (non-hydrogen) atoms. The summed E-state index contributed by atoms with van der Waals surface area (Å²) in [5.74, 6) is -0.300. The van der Waals surface area contributed by atoms with Gasteiger partial charge in [0.1, 0.15) is 0 Å². The topological polar surface area (TPSA) is 69.7 Å². The maximum Gasteiger partial charge on any atom is 0.251 e. The SMILES string of the molecule is CNC(=O)c1cccc(S(=O)(=O)N2CCN(c3ccccc3)CC2)c1. The Morgan fingerprint density at radius 1 is 0.960 bits per heavy atom. The van der Waals surface area contributed by atoms with Crippen molar-refractivity contribution in [1.82, 2.24) is 9.62 Å². The second-order valence-electron chi connectivity index (χ2n) is 5.83. The fourth-order valence-electron chi connectivity index (χ4n) is 2.92. The molecule has 1 heterocycles. The smallest absolute Gasteiger partial charge is 0.251 e. The van der Waals surface area contributed by atoms with Crippen LogP contribution in [0.2, 0.25) is 0 Å².